The van der Waals surface area contributed by atoms with Crippen molar-refractivity contribution in [1.29, 1.82) is 0 Å². The minimum absolute atomic E-state index is 0.145. The molecule has 7 heteroatoms. The molecule has 1 fully saturated rings. The standard InChI is InChI=1S/C26H29N3O2S2/c1-19-6-7-22(16-29-10-12-32-13-11-29)15-25(19)28-26(30)9-8-21-4-3-5-24(14-21)31-17-23-18-33-20(2)27-23/h3-9,14-15,18H,10-13,16-17H2,1-2H3,(H,28,30)/b9-8+. The summed E-state index contributed by atoms with van der Waals surface area (Å²) in [4.78, 5) is 19.5. The van der Waals surface area contributed by atoms with Crippen LogP contribution in [0.3, 0.4) is 0 Å². The molecule has 1 amide bonds. The van der Waals surface area contributed by atoms with E-state index in [1.165, 1.54) is 17.1 Å². The van der Waals surface area contributed by atoms with Crippen molar-refractivity contribution in [3.8, 4) is 5.75 Å². The van der Waals surface area contributed by atoms with Crippen LogP contribution in [0.5, 0.6) is 5.75 Å². The van der Waals surface area contributed by atoms with Crippen molar-refractivity contribution in [3.05, 3.63) is 81.3 Å². The molecule has 0 radical (unpaired) electrons. The number of anilines is 1. The lowest BCUT2D eigenvalue weighted by Gasteiger charge is -2.26. The maximum atomic E-state index is 12.6. The number of aryl methyl sites for hydroxylation is 2. The van der Waals surface area contributed by atoms with E-state index in [-0.39, 0.29) is 5.91 Å². The lowest BCUT2D eigenvalue weighted by molar-refractivity contribution is -0.111. The van der Waals surface area contributed by atoms with Crippen molar-refractivity contribution >= 4 is 40.8 Å². The molecule has 2 aromatic carbocycles. The minimum Gasteiger partial charge on any atom is -0.487 e. The zero-order chi connectivity index (χ0) is 23.0. The Bertz CT molecular complexity index is 1120. The van der Waals surface area contributed by atoms with E-state index in [1.807, 2.05) is 55.3 Å². The number of thiazole rings is 1. The number of aromatic nitrogens is 1. The van der Waals surface area contributed by atoms with E-state index in [2.05, 4.69) is 33.4 Å². The third kappa shape index (κ3) is 7.19. The van der Waals surface area contributed by atoms with Crippen molar-refractivity contribution in [2.45, 2.75) is 27.0 Å². The number of rotatable bonds is 8. The predicted molar refractivity (Wildman–Crippen MR) is 139 cm³/mol. The molecule has 2 heterocycles. The molecular weight excluding hydrogens is 450 g/mol. The van der Waals surface area contributed by atoms with Crippen molar-refractivity contribution in [3.63, 3.8) is 0 Å². The third-order valence-electron chi connectivity index (χ3n) is 5.41. The molecule has 1 aromatic heterocycles. The molecule has 5 nitrogen and oxygen atoms in total. The van der Waals surface area contributed by atoms with Crippen LogP contribution in [0, 0.1) is 13.8 Å². The molecular formula is C26H29N3O2S2. The fraction of sp³-hybridized carbons (Fsp3) is 0.308. The number of benzene rings is 2. The Hall–Kier alpha value is -2.61. The summed E-state index contributed by atoms with van der Waals surface area (Å²) >= 11 is 3.63. The van der Waals surface area contributed by atoms with Gasteiger partial charge in [-0.2, -0.15) is 11.8 Å². The van der Waals surface area contributed by atoms with Gasteiger partial charge in [-0.15, -0.1) is 11.3 Å². The van der Waals surface area contributed by atoms with Crippen LogP contribution in [0.15, 0.2) is 53.9 Å². The first-order valence-electron chi connectivity index (χ1n) is 11.1. The molecule has 0 saturated carbocycles. The second-order valence-corrected chi connectivity index (χ2v) is 10.4. The second kappa shape index (κ2) is 11.5. The van der Waals surface area contributed by atoms with Crippen LogP contribution in [-0.4, -0.2) is 40.4 Å². The van der Waals surface area contributed by atoms with Crippen LogP contribution < -0.4 is 10.1 Å². The molecule has 1 N–H and O–H groups in total. The summed E-state index contributed by atoms with van der Waals surface area (Å²) in [6.07, 6.45) is 3.37. The molecule has 4 rings (SSSR count). The van der Waals surface area contributed by atoms with E-state index >= 15 is 0 Å². The van der Waals surface area contributed by atoms with E-state index in [4.69, 9.17) is 4.74 Å². The number of thioether (sulfide) groups is 1. The molecule has 0 aliphatic carbocycles. The Kier molecular flexibility index (Phi) is 8.20. The van der Waals surface area contributed by atoms with Crippen LogP contribution in [-0.2, 0) is 17.9 Å². The van der Waals surface area contributed by atoms with Crippen molar-refractivity contribution in [1.82, 2.24) is 9.88 Å². The van der Waals surface area contributed by atoms with Crippen molar-refractivity contribution in [2.24, 2.45) is 0 Å². The van der Waals surface area contributed by atoms with Gasteiger partial charge in [0, 0.05) is 48.3 Å². The molecule has 3 aromatic rings. The number of nitrogens with zero attached hydrogens (tertiary/aromatic N) is 2. The minimum atomic E-state index is -0.145. The summed E-state index contributed by atoms with van der Waals surface area (Å²) in [6, 6.07) is 14.0. The zero-order valence-electron chi connectivity index (χ0n) is 19.0. The number of nitrogens with one attached hydrogen (secondary N) is 1. The summed E-state index contributed by atoms with van der Waals surface area (Å²) in [5, 5.41) is 6.07. The Morgan fingerprint density at radius 3 is 2.82 bits per heavy atom. The predicted octanol–water partition coefficient (Wildman–Crippen LogP) is 5.54. The monoisotopic (exact) mass is 479 g/mol. The number of hydrogen-bond acceptors (Lipinski definition) is 6. The fourth-order valence-corrected chi connectivity index (χ4v) is 5.18. The highest BCUT2D eigenvalue weighted by Crippen LogP contribution is 2.21. The van der Waals surface area contributed by atoms with E-state index in [1.54, 1.807) is 23.5 Å². The molecule has 0 spiro atoms. The topological polar surface area (TPSA) is 54.5 Å². The normalized spacial score (nSPS) is 14.5. The highest BCUT2D eigenvalue weighted by molar-refractivity contribution is 7.99. The first-order chi connectivity index (χ1) is 16.0. The van der Waals surface area contributed by atoms with Gasteiger partial charge in [-0.25, -0.2) is 4.98 Å². The third-order valence-corrected chi connectivity index (χ3v) is 7.17. The van der Waals surface area contributed by atoms with Gasteiger partial charge in [-0.05, 0) is 54.8 Å². The fourth-order valence-electron chi connectivity index (χ4n) is 3.61. The van der Waals surface area contributed by atoms with Crippen LogP contribution in [0.2, 0.25) is 0 Å². The maximum absolute atomic E-state index is 12.6. The Morgan fingerprint density at radius 2 is 2.03 bits per heavy atom. The average Bonchev–Trinajstić information content (AvgIpc) is 3.25. The quantitative estimate of drug-likeness (QED) is 0.430. The second-order valence-electron chi connectivity index (χ2n) is 8.08. The van der Waals surface area contributed by atoms with Gasteiger partial charge < -0.3 is 10.1 Å². The van der Waals surface area contributed by atoms with E-state index in [9.17, 15) is 4.79 Å². The Labute approximate surface area is 203 Å². The van der Waals surface area contributed by atoms with Crippen LogP contribution in [0.25, 0.3) is 6.08 Å². The summed E-state index contributed by atoms with van der Waals surface area (Å²) < 4.78 is 5.84. The summed E-state index contributed by atoms with van der Waals surface area (Å²) in [5.74, 6) is 2.99. The first-order valence-corrected chi connectivity index (χ1v) is 13.1. The van der Waals surface area contributed by atoms with Crippen molar-refractivity contribution in [2.75, 3.05) is 29.9 Å². The molecule has 0 unspecified atom stereocenters. The van der Waals surface area contributed by atoms with E-state index in [0.29, 0.717) is 6.61 Å². The number of ether oxygens (including phenoxy) is 1. The number of carbonyl (C=O) groups excluding carboxylic acids is 1. The van der Waals surface area contributed by atoms with Gasteiger partial charge in [-0.3, -0.25) is 9.69 Å². The highest BCUT2D eigenvalue weighted by atomic mass is 32.2. The van der Waals surface area contributed by atoms with E-state index < -0.39 is 0 Å². The molecule has 1 saturated heterocycles. The smallest absolute Gasteiger partial charge is 0.248 e. The van der Waals surface area contributed by atoms with Gasteiger partial charge in [0.1, 0.15) is 12.4 Å². The molecule has 33 heavy (non-hydrogen) atoms. The van der Waals surface area contributed by atoms with Crippen LogP contribution >= 0.6 is 23.1 Å². The van der Waals surface area contributed by atoms with Gasteiger partial charge in [-0.1, -0.05) is 24.3 Å². The summed E-state index contributed by atoms with van der Waals surface area (Å²) in [7, 11) is 0. The van der Waals surface area contributed by atoms with Gasteiger partial charge in [0.15, 0.2) is 0 Å². The molecule has 1 aliphatic rings. The van der Waals surface area contributed by atoms with Gasteiger partial charge in [0.25, 0.3) is 0 Å². The summed E-state index contributed by atoms with van der Waals surface area (Å²) in [6.45, 7) is 7.60. The number of amides is 1. The van der Waals surface area contributed by atoms with Crippen LogP contribution in [0.4, 0.5) is 5.69 Å². The number of hydrogen-bond donors (Lipinski definition) is 1. The molecule has 172 valence electrons. The van der Waals surface area contributed by atoms with Gasteiger partial charge in [0.05, 0.1) is 10.7 Å². The van der Waals surface area contributed by atoms with E-state index in [0.717, 1.165) is 52.9 Å². The largest absolute Gasteiger partial charge is 0.487 e. The lowest BCUT2D eigenvalue weighted by atomic mass is 10.1. The molecule has 1 aliphatic heterocycles. The summed E-state index contributed by atoms with van der Waals surface area (Å²) in [5.41, 5.74) is 4.98. The number of carbonyl (C=O) groups is 1. The maximum Gasteiger partial charge on any atom is 0.248 e. The zero-order valence-corrected chi connectivity index (χ0v) is 20.7. The SMILES string of the molecule is Cc1nc(COc2cccc(/C=C/C(=O)Nc3cc(CN4CCSCC4)ccc3C)c2)cs1. The highest BCUT2D eigenvalue weighted by Gasteiger charge is 2.12. The van der Waals surface area contributed by atoms with Gasteiger partial charge in [0.2, 0.25) is 5.91 Å². The van der Waals surface area contributed by atoms with Crippen LogP contribution in [0.1, 0.15) is 27.4 Å². The molecule has 0 bridgehead atoms. The average molecular weight is 480 g/mol. The van der Waals surface area contributed by atoms with Gasteiger partial charge >= 0.3 is 0 Å². The Morgan fingerprint density at radius 1 is 1.18 bits per heavy atom. The van der Waals surface area contributed by atoms with Crippen molar-refractivity contribution < 1.29 is 9.53 Å². The molecule has 0 atom stereocenters. The first kappa shape index (κ1) is 23.5. The Balaban J connectivity index is 1.34. The lowest BCUT2D eigenvalue weighted by Crippen LogP contribution is -2.31.